The van der Waals surface area contributed by atoms with E-state index in [1.54, 1.807) is 54.6 Å². The van der Waals surface area contributed by atoms with Crippen molar-refractivity contribution in [3.05, 3.63) is 129 Å². The van der Waals surface area contributed by atoms with Gasteiger partial charge in [0.25, 0.3) is 11.2 Å². The van der Waals surface area contributed by atoms with Crippen LogP contribution in [0.5, 0.6) is 5.75 Å². The normalized spacial score (nSPS) is 11.6. The molecule has 11 heteroatoms. The maximum atomic E-state index is 13.3. The van der Waals surface area contributed by atoms with Crippen molar-refractivity contribution in [3.63, 3.8) is 0 Å². The predicted molar refractivity (Wildman–Crippen MR) is 142 cm³/mol. The average Bonchev–Trinajstić information content (AvgIpc) is 2.93. The van der Waals surface area contributed by atoms with Crippen LogP contribution in [0.15, 0.2) is 118 Å². The van der Waals surface area contributed by atoms with E-state index in [0.29, 0.717) is 22.0 Å². The zero-order valence-corrected chi connectivity index (χ0v) is 20.4. The summed E-state index contributed by atoms with van der Waals surface area (Å²) in [5, 5.41) is 15.6. The van der Waals surface area contributed by atoms with Gasteiger partial charge in [0.15, 0.2) is 5.82 Å². The first-order chi connectivity index (χ1) is 18.3. The monoisotopic (exact) mass is 526 g/mol. The quantitative estimate of drug-likeness (QED) is 0.131. The molecule has 0 aliphatic rings. The van der Waals surface area contributed by atoms with Gasteiger partial charge in [-0.2, -0.15) is 18.2 Å². The van der Waals surface area contributed by atoms with E-state index >= 15 is 0 Å². The van der Waals surface area contributed by atoms with Gasteiger partial charge in [-0.1, -0.05) is 30.3 Å². The summed E-state index contributed by atoms with van der Waals surface area (Å²) < 4.78 is 31.5. The minimum absolute atomic E-state index is 0.0229. The van der Waals surface area contributed by atoms with Gasteiger partial charge in [-0.05, 0) is 66.2 Å². The Labute approximate surface area is 216 Å². The van der Waals surface area contributed by atoms with Crippen molar-refractivity contribution in [3.8, 4) is 17.1 Å². The number of nitro groups is 1. The number of hydrogen-bond acceptors (Lipinski definition) is 8. The molecule has 10 nitrogen and oxygen atoms in total. The Morgan fingerprint density at radius 1 is 0.868 bits per heavy atom. The highest BCUT2D eigenvalue weighted by molar-refractivity contribution is 7.87. The topological polar surface area (TPSA) is 134 Å². The Hall–Kier alpha value is -5.16. The molecule has 0 aliphatic carbocycles. The number of aromatic nitrogens is 2. The molecule has 0 bridgehead atoms. The van der Waals surface area contributed by atoms with Crippen LogP contribution in [0.1, 0.15) is 5.56 Å². The van der Waals surface area contributed by atoms with Crippen LogP contribution in [0.4, 0.5) is 5.69 Å². The third-order valence-electron chi connectivity index (χ3n) is 5.53. The molecule has 1 aromatic heterocycles. The Bertz CT molecular complexity index is 1830. The van der Waals surface area contributed by atoms with Crippen molar-refractivity contribution in [1.82, 2.24) is 9.66 Å². The van der Waals surface area contributed by atoms with Crippen LogP contribution < -0.4 is 9.74 Å². The first kappa shape index (κ1) is 24.5. The lowest BCUT2D eigenvalue weighted by molar-refractivity contribution is -0.384. The maximum Gasteiger partial charge on any atom is 0.339 e. The van der Waals surface area contributed by atoms with E-state index in [1.165, 1.54) is 54.7 Å². The molecule has 0 fully saturated rings. The third kappa shape index (κ3) is 5.04. The summed E-state index contributed by atoms with van der Waals surface area (Å²) >= 11 is 0. The first-order valence-corrected chi connectivity index (χ1v) is 12.6. The second-order valence-corrected chi connectivity index (χ2v) is 9.58. The minimum atomic E-state index is -4.02. The zero-order chi connectivity index (χ0) is 26.7. The summed E-state index contributed by atoms with van der Waals surface area (Å²) in [6.45, 7) is 0. The SMILES string of the molecule is O=c1c2ccccc2nc(-c2ccc(OS(=O)(=O)c3ccccc3)cc2)n1/N=C/c1ccc([N+](=O)[O-])cc1. The zero-order valence-electron chi connectivity index (χ0n) is 19.5. The molecule has 4 aromatic carbocycles. The molecule has 0 unspecified atom stereocenters. The number of nitro benzene ring substituents is 1. The van der Waals surface area contributed by atoms with Crippen molar-refractivity contribution in [1.29, 1.82) is 0 Å². The van der Waals surface area contributed by atoms with Gasteiger partial charge in [0.05, 0.1) is 22.0 Å². The van der Waals surface area contributed by atoms with Crippen molar-refractivity contribution < 1.29 is 17.5 Å². The highest BCUT2D eigenvalue weighted by Crippen LogP contribution is 2.24. The highest BCUT2D eigenvalue weighted by atomic mass is 32.2. The van der Waals surface area contributed by atoms with Gasteiger partial charge in [0.1, 0.15) is 10.6 Å². The van der Waals surface area contributed by atoms with Gasteiger partial charge >= 0.3 is 10.1 Å². The van der Waals surface area contributed by atoms with E-state index in [1.807, 2.05) is 0 Å². The summed E-state index contributed by atoms with van der Waals surface area (Å²) in [7, 11) is -4.02. The van der Waals surface area contributed by atoms with Crippen LogP contribution in [0.25, 0.3) is 22.3 Å². The van der Waals surface area contributed by atoms with E-state index in [0.717, 1.165) is 4.68 Å². The molecule has 0 aliphatic heterocycles. The molecule has 0 atom stereocenters. The number of nitrogens with zero attached hydrogens (tertiary/aromatic N) is 4. The van der Waals surface area contributed by atoms with Gasteiger partial charge in [-0.3, -0.25) is 14.9 Å². The predicted octanol–water partition coefficient (Wildman–Crippen LogP) is 4.62. The van der Waals surface area contributed by atoms with Crippen molar-refractivity contribution >= 4 is 32.9 Å². The summed E-state index contributed by atoms with van der Waals surface area (Å²) in [5.74, 6) is 0.297. The van der Waals surface area contributed by atoms with Crippen LogP contribution >= 0.6 is 0 Å². The second kappa shape index (κ2) is 10.1. The standard InChI is InChI=1S/C27H18N4O6S/c32-27-24-8-4-5-9-25(24)29-26(30(27)28-18-19-10-14-21(15-11-19)31(33)34)20-12-16-22(17-13-20)37-38(35,36)23-6-2-1-3-7-23/h1-18H/b28-18+. The fourth-order valence-corrected chi connectivity index (χ4v) is 4.60. The summed E-state index contributed by atoms with van der Waals surface area (Å²) in [6, 6.07) is 26.4. The van der Waals surface area contributed by atoms with Crippen LogP contribution in [-0.2, 0) is 10.1 Å². The molecule has 38 heavy (non-hydrogen) atoms. The van der Waals surface area contributed by atoms with Crippen molar-refractivity contribution in [2.45, 2.75) is 4.90 Å². The van der Waals surface area contributed by atoms with E-state index < -0.39 is 20.6 Å². The van der Waals surface area contributed by atoms with E-state index in [9.17, 15) is 23.3 Å². The van der Waals surface area contributed by atoms with Gasteiger partial charge in [-0.25, -0.2) is 4.98 Å². The van der Waals surface area contributed by atoms with Crippen LogP contribution in [0, 0.1) is 10.1 Å². The largest absolute Gasteiger partial charge is 0.379 e. The van der Waals surface area contributed by atoms with E-state index in [2.05, 4.69) is 10.1 Å². The fraction of sp³-hybridized carbons (Fsp3) is 0. The Morgan fingerprint density at radius 3 is 2.21 bits per heavy atom. The highest BCUT2D eigenvalue weighted by Gasteiger charge is 2.17. The molecule has 5 aromatic rings. The molecular formula is C27H18N4O6S. The molecule has 5 rings (SSSR count). The Morgan fingerprint density at radius 2 is 1.53 bits per heavy atom. The Balaban J connectivity index is 1.53. The van der Waals surface area contributed by atoms with Crippen LogP contribution in [0.3, 0.4) is 0 Å². The van der Waals surface area contributed by atoms with Crippen LogP contribution in [-0.4, -0.2) is 29.2 Å². The molecule has 0 saturated heterocycles. The van der Waals surface area contributed by atoms with Gasteiger partial charge < -0.3 is 4.18 Å². The molecule has 0 radical (unpaired) electrons. The van der Waals surface area contributed by atoms with Crippen molar-refractivity contribution in [2.75, 3.05) is 0 Å². The van der Waals surface area contributed by atoms with E-state index in [-0.39, 0.29) is 22.2 Å². The molecule has 0 N–H and O–H groups in total. The molecule has 0 saturated carbocycles. The number of fused-ring (bicyclic) bond motifs is 1. The third-order valence-corrected chi connectivity index (χ3v) is 6.79. The number of para-hydroxylation sites is 1. The average molecular weight is 527 g/mol. The molecule has 188 valence electrons. The maximum absolute atomic E-state index is 13.3. The van der Waals surface area contributed by atoms with Gasteiger partial charge in [0.2, 0.25) is 0 Å². The summed E-state index contributed by atoms with van der Waals surface area (Å²) in [4.78, 5) is 28.4. The van der Waals surface area contributed by atoms with Crippen molar-refractivity contribution in [2.24, 2.45) is 5.10 Å². The fourth-order valence-electron chi connectivity index (χ4n) is 3.65. The van der Waals surface area contributed by atoms with Gasteiger partial charge in [0, 0.05) is 17.7 Å². The smallest absolute Gasteiger partial charge is 0.339 e. The van der Waals surface area contributed by atoms with Crippen LogP contribution in [0.2, 0.25) is 0 Å². The second-order valence-electron chi connectivity index (χ2n) is 8.04. The lowest BCUT2D eigenvalue weighted by atomic mass is 10.2. The van der Waals surface area contributed by atoms with Gasteiger partial charge in [-0.15, -0.1) is 0 Å². The van der Waals surface area contributed by atoms with E-state index in [4.69, 9.17) is 4.18 Å². The molecular weight excluding hydrogens is 508 g/mol. The molecule has 1 heterocycles. The lowest BCUT2D eigenvalue weighted by Crippen LogP contribution is -2.20. The Kier molecular flexibility index (Phi) is 6.50. The molecule has 0 spiro atoms. The minimum Gasteiger partial charge on any atom is -0.379 e. The lowest BCUT2D eigenvalue weighted by Gasteiger charge is -2.11. The first-order valence-electron chi connectivity index (χ1n) is 11.2. The molecule has 0 amide bonds. The number of hydrogen-bond donors (Lipinski definition) is 0. The summed E-state index contributed by atoms with van der Waals surface area (Å²) in [6.07, 6.45) is 1.40. The summed E-state index contributed by atoms with van der Waals surface area (Å²) in [5.41, 5.74) is 0.996. The number of benzene rings is 4. The number of non-ortho nitro benzene ring substituents is 1. The number of rotatable bonds is 7.